The molecule has 1 N–H and O–H groups in total. The lowest BCUT2D eigenvalue weighted by Gasteiger charge is -2.39. The van der Waals surface area contributed by atoms with Gasteiger partial charge in [0.05, 0.1) is 30.0 Å². The summed E-state index contributed by atoms with van der Waals surface area (Å²) >= 11 is 0. The Morgan fingerprint density at radius 3 is 2.55 bits per heavy atom. The lowest BCUT2D eigenvalue weighted by Crippen LogP contribution is -2.52. The summed E-state index contributed by atoms with van der Waals surface area (Å²) in [6, 6.07) is 0. The van der Waals surface area contributed by atoms with Crippen LogP contribution in [0.5, 0.6) is 0 Å². The third-order valence-corrected chi connectivity index (χ3v) is 4.65. The first-order valence-electron chi connectivity index (χ1n) is 7.97. The summed E-state index contributed by atoms with van der Waals surface area (Å²) < 4.78 is 11.9. The highest BCUT2D eigenvalue weighted by atomic mass is 16.5. The first-order chi connectivity index (χ1) is 9.25. The molecule has 2 heterocycles. The summed E-state index contributed by atoms with van der Waals surface area (Å²) in [5, 5.41) is 10.8. The van der Waals surface area contributed by atoms with Crippen LogP contribution in [0.4, 0.5) is 0 Å². The average molecular weight is 285 g/mol. The van der Waals surface area contributed by atoms with E-state index in [-0.39, 0.29) is 23.2 Å². The van der Waals surface area contributed by atoms with Gasteiger partial charge in [-0.1, -0.05) is 6.92 Å². The fraction of sp³-hybridized carbons (Fsp3) is 1.00. The summed E-state index contributed by atoms with van der Waals surface area (Å²) in [5.74, 6) is 0.129. The highest BCUT2D eigenvalue weighted by Gasteiger charge is 2.51. The van der Waals surface area contributed by atoms with Crippen LogP contribution >= 0.6 is 0 Å². The van der Waals surface area contributed by atoms with Crippen molar-refractivity contribution in [3.05, 3.63) is 0 Å². The summed E-state index contributed by atoms with van der Waals surface area (Å²) in [5.41, 5.74) is -0.452. The number of morpholine rings is 1. The standard InChI is InChI=1S/C16H31NO3/c1-6-7-17-8-9-19-13(11-17)14(18)12-10-15(2,3)20-16(12,4)5/h12-14,18H,6-11H2,1-5H3. The Morgan fingerprint density at radius 2 is 2.00 bits per heavy atom. The Kier molecular flexibility index (Phi) is 4.80. The molecular formula is C16H31NO3. The number of ether oxygens (including phenoxy) is 2. The van der Waals surface area contributed by atoms with Crippen molar-refractivity contribution >= 4 is 0 Å². The van der Waals surface area contributed by atoms with E-state index < -0.39 is 6.10 Å². The number of rotatable bonds is 4. The van der Waals surface area contributed by atoms with Gasteiger partial charge in [0.1, 0.15) is 0 Å². The predicted octanol–water partition coefficient (Wildman–Crippen LogP) is 2.05. The molecule has 2 aliphatic rings. The van der Waals surface area contributed by atoms with Crippen LogP contribution in [0.15, 0.2) is 0 Å². The number of hydrogen-bond acceptors (Lipinski definition) is 4. The van der Waals surface area contributed by atoms with Gasteiger partial charge in [0.2, 0.25) is 0 Å². The van der Waals surface area contributed by atoms with Gasteiger partial charge in [0.25, 0.3) is 0 Å². The number of aliphatic hydroxyl groups excluding tert-OH is 1. The number of nitrogens with zero attached hydrogens (tertiary/aromatic N) is 1. The van der Waals surface area contributed by atoms with E-state index >= 15 is 0 Å². The molecule has 0 bridgehead atoms. The van der Waals surface area contributed by atoms with Gasteiger partial charge in [-0.15, -0.1) is 0 Å². The highest BCUT2D eigenvalue weighted by Crippen LogP contribution is 2.44. The summed E-state index contributed by atoms with van der Waals surface area (Å²) in [4.78, 5) is 2.39. The molecule has 3 atom stereocenters. The average Bonchev–Trinajstić information content (AvgIpc) is 2.57. The quantitative estimate of drug-likeness (QED) is 0.858. The van der Waals surface area contributed by atoms with E-state index in [9.17, 15) is 5.11 Å². The first kappa shape index (κ1) is 16.2. The second-order valence-corrected chi connectivity index (χ2v) is 7.48. The molecule has 3 unspecified atom stereocenters. The Balaban J connectivity index is 2.01. The zero-order valence-electron chi connectivity index (χ0n) is 13.7. The maximum absolute atomic E-state index is 10.8. The van der Waals surface area contributed by atoms with Crippen LogP contribution < -0.4 is 0 Å². The van der Waals surface area contributed by atoms with Gasteiger partial charge in [-0.2, -0.15) is 0 Å². The predicted molar refractivity (Wildman–Crippen MR) is 79.8 cm³/mol. The lowest BCUT2D eigenvalue weighted by molar-refractivity contribution is -0.134. The second kappa shape index (κ2) is 5.91. The molecule has 2 aliphatic heterocycles. The van der Waals surface area contributed by atoms with Crippen LogP contribution in [-0.2, 0) is 9.47 Å². The summed E-state index contributed by atoms with van der Waals surface area (Å²) in [6.07, 6.45) is 1.49. The van der Waals surface area contributed by atoms with Gasteiger partial charge in [-0.05, 0) is 47.1 Å². The Hall–Kier alpha value is -0.160. The third-order valence-electron chi connectivity index (χ3n) is 4.65. The van der Waals surface area contributed by atoms with Crippen LogP contribution in [0.25, 0.3) is 0 Å². The van der Waals surface area contributed by atoms with Gasteiger partial charge in [-0.25, -0.2) is 0 Å². The Morgan fingerprint density at radius 1 is 1.30 bits per heavy atom. The van der Waals surface area contributed by atoms with Crippen molar-refractivity contribution in [2.24, 2.45) is 5.92 Å². The second-order valence-electron chi connectivity index (χ2n) is 7.48. The van der Waals surface area contributed by atoms with Crippen molar-refractivity contribution in [1.29, 1.82) is 0 Å². The van der Waals surface area contributed by atoms with E-state index in [0.29, 0.717) is 0 Å². The first-order valence-corrected chi connectivity index (χ1v) is 7.97. The molecule has 0 aromatic carbocycles. The fourth-order valence-corrected chi connectivity index (χ4v) is 3.85. The monoisotopic (exact) mass is 285 g/mol. The SMILES string of the molecule is CCCN1CCOC(C(O)C2CC(C)(C)OC2(C)C)C1. The molecule has 4 heteroatoms. The van der Waals surface area contributed by atoms with Gasteiger partial charge in [0.15, 0.2) is 0 Å². The van der Waals surface area contributed by atoms with E-state index in [1.54, 1.807) is 0 Å². The minimum absolute atomic E-state index is 0.0860. The molecule has 2 saturated heterocycles. The van der Waals surface area contributed by atoms with Crippen LogP contribution in [0.1, 0.15) is 47.5 Å². The van der Waals surface area contributed by atoms with E-state index in [0.717, 1.165) is 39.1 Å². The molecule has 4 nitrogen and oxygen atoms in total. The molecule has 0 saturated carbocycles. The minimum Gasteiger partial charge on any atom is -0.390 e. The minimum atomic E-state index is -0.452. The van der Waals surface area contributed by atoms with E-state index in [1.165, 1.54) is 0 Å². The number of hydrogen-bond donors (Lipinski definition) is 1. The Labute approximate surface area is 123 Å². The molecule has 20 heavy (non-hydrogen) atoms. The van der Waals surface area contributed by atoms with Crippen molar-refractivity contribution in [2.75, 3.05) is 26.2 Å². The molecule has 2 fully saturated rings. The van der Waals surface area contributed by atoms with Gasteiger partial charge in [-0.3, -0.25) is 4.90 Å². The van der Waals surface area contributed by atoms with Crippen molar-refractivity contribution in [3.63, 3.8) is 0 Å². The van der Waals surface area contributed by atoms with Crippen molar-refractivity contribution < 1.29 is 14.6 Å². The summed E-state index contributed by atoms with van der Waals surface area (Å²) in [7, 11) is 0. The van der Waals surface area contributed by atoms with Gasteiger partial charge < -0.3 is 14.6 Å². The topological polar surface area (TPSA) is 41.9 Å². The Bertz CT molecular complexity index is 328. The molecule has 0 radical (unpaired) electrons. The summed E-state index contributed by atoms with van der Waals surface area (Å²) in [6.45, 7) is 14.2. The molecule has 0 aromatic heterocycles. The lowest BCUT2D eigenvalue weighted by atomic mass is 9.81. The van der Waals surface area contributed by atoms with E-state index in [1.807, 2.05) is 0 Å². The maximum atomic E-state index is 10.8. The van der Waals surface area contributed by atoms with Gasteiger partial charge >= 0.3 is 0 Å². The van der Waals surface area contributed by atoms with Crippen molar-refractivity contribution in [1.82, 2.24) is 4.90 Å². The maximum Gasteiger partial charge on any atom is 0.0964 e. The zero-order chi connectivity index (χ0) is 15.0. The molecule has 0 aromatic rings. The molecule has 0 spiro atoms. The molecule has 0 amide bonds. The van der Waals surface area contributed by atoms with Crippen molar-refractivity contribution in [3.8, 4) is 0 Å². The third kappa shape index (κ3) is 3.53. The van der Waals surface area contributed by atoms with Crippen molar-refractivity contribution in [2.45, 2.75) is 70.9 Å². The smallest absolute Gasteiger partial charge is 0.0964 e. The largest absolute Gasteiger partial charge is 0.390 e. The normalized spacial score (nSPS) is 35.1. The molecule has 0 aliphatic carbocycles. The fourth-order valence-electron chi connectivity index (χ4n) is 3.85. The van der Waals surface area contributed by atoms with Gasteiger partial charge in [0, 0.05) is 19.0 Å². The highest BCUT2D eigenvalue weighted by molar-refractivity contribution is 5.00. The molecular weight excluding hydrogens is 254 g/mol. The van der Waals surface area contributed by atoms with Crippen LogP contribution in [0, 0.1) is 5.92 Å². The van der Waals surface area contributed by atoms with Crippen LogP contribution in [0.3, 0.4) is 0 Å². The van der Waals surface area contributed by atoms with E-state index in [2.05, 4.69) is 39.5 Å². The molecule has 2 rings (SSSR count). The number of aliphatic hydroxyl groups is 1. The van der Waals surface area contributed by atoms with Crippen LogP contribution in [-0.4, -0.2) is 59.7 Å². The molecule has 118 valence electrons. The van der Waals surface area contributed by atoms with Crippen LogP contribution in [0.2, 0.25) is 0 Å². The zero-order valence-corrected chi connectivity index (χ0v) is 13.7. The van der Waals surface area contributed by atoms with E-state index in [4.69, 9.17) is 9.47 Å².